The van der Waals surface area contributed by atoms with Crippen LogP contribution in [-0.2, 0) is 14.3 Å². The van der Waals surface area contributed by atoms with E-state index in [9.17, 15) is 4.79 Å². The number of ether oxygens (including phenoxy) is 2. The maximum Gasteiger partial charge on any atom is 0.515 e. The second-order valence-corrected chi connectivity index (χ2v) is 10.5. The van der Waals surface area contributed by atoms with Gasteiger partial charge in [-0.3, -0.25) is 0 Å². The molecule has 0 radical (unpaired) electrons. The molecule has 0 N–H and O–H groups in total. The molecule has 1 aliphatic heterocycles. The number of hydrogen-bond acceptors (Lipinski definition) is 5. The standard InChI is InChI=1S/C10H19NO4Si/c1-5-13-10(12)14-9-6-8(15-11-9)7-16(2,3)4/h8H,5-7H2,1-4H3. The minimum Gasteiger partial charge on any atom is -0.434 e. The lowest BCUT2D eigenvalue weighted by Gasteiger charge is -2.18. The van der Waals surface area contributed by atoms with Crippen molar-refractivity contribution < 1.29 is 19.1 Å². The molecular formula is C10H19NO4Si. The van der Waals surface area contributed by atoms with Crippen molar-refractivity contribution in [2.75, 3.05) is 6.61 Å². The van der Waals surface area contributed by atoms with Crippen LogP contribution in [0.2, 0.25) is 25.7 Å². The zero-order valence-corrected chi connectivity index (χ0v) is 11.3. The van der Waals surface area contributed by atoms with Crippen molar-refractivity contribution in [2.45, 2.75) is 45.1 Å². The molecule has 0 aromatic heterocycles. The third-order valence-corrected chi connectivity index (χ3v) is 3.69. The second-order valence-electron chi connectivity index (χ2n) is 4.97. The third kappa shape index (κ3) is 4.65. The number of hydrogen-bond donors (Lipinski definition) is 0. The predicted octanol–water partition coefficient (Wildman–Crippen LogP) is 2.60. The summed E-state index contributed by atoms with van der Waals surface area (Å²) < 4.78 is 9.53. The summed E-state index contributed by atoms with van der Waals surface area (Å²) in [5, 5.41) is 3.74. The highest BCUT2D eigenvalue weighted by Crippen LogP contribution is 2.21. The van der Waals surface area contributed by atoms with Crippen LogP contribution < -0.4 is 0 Å². The summed E-state index contributed by atoms with van der Waals surface area (Å²) in [6.07, 6.45) is -0.0992. The van der Waals surface area contributed by atoms with Crippen molar-refractivity contribution >= 4 is 20.1 Å². The van der Waals surface area contributed by atoms with Crippen molar-refractivity contribution in [1.29, 1.82) is 0 Å². The lowest BCUT2D eigenvalue weighted by Crippen LogP contribution is -2.27. The lowest BCUT2D eigenvalue weighted by molar-refractivity contribution is 0.0935. The summed E-state index contributed by atoms with van der Waals surface area (Å²) in [7, 11) is -1.18. The molecule has 0 amide bonds. The number of carbonyl (C=O) groups is 1. The topological polar surface area (TPSA) is 57.1 Å². The minimum atomic E-state index is -1.18. The van der Waals surface area contributed by atoms with Crippen LogP contribution in [0.3, 0.4) is 0 Å². The summed E-state index contributed by atoms with van der Waals surface area (Å²) >= 11 is 0. The van der Waals surface area contributed by atoms with Gasteiger partial charge in [-0.2, -0.15) is 0 Å². The van der Waals surface area contributed by atoms with Gasteiger partial charge in [0, 0.05) is 8.07 Å². The summed E-state index contributed by atoms with van der Waals surface area (Å²) in [5.41, 5.74) is 0. The Balaban J connectivity index is 2.31. The van der Waals surface area contributed by atoms with Crippen LogP contribution in [0, 0.1) is 0 Å². The van der Waals surface area contributed by atoms with Crippen molar-refractivity contribution in [3.8, 4) is 0 Å². The van der Waals surface area contributed by atoms with Crippen molar-refractivity contribution in [3.05, 3.63) is 0 Å². The van der Waals surface area contributed by atoms with E-state index in [4.69, 9.17) is 9.57 Å². The van der Waals surface area contributed by atoms with Gasteiger partial charge in [0.2, 0.25) is 5.90 Å². The van der Waals surface area contributed by atoms with Crippen LogP contribution in [0.4, 0.5) is 4.79 Å². The van der Waals surface area contributed by atoms with Crippen LogP contribution in [0.15, 0.2) is 5.16 Å². The molecule has 6 heteroatoms. The van der Waals surface area contributed by atoms with E-state index in [1.165, 1.54) is 0 Å². The molecule has 1 aliphatic rings. The quantitative estimate of drug-likeness (QED) is 0.566. The van der Waals surface area contributed by atoms with E-state index in [1.807, 2.05) is 0 Å². The highest BCUT2D eigenvalue weighted by Gasteiger charge is 2.29. The summed E-state index contributed by atoms with van der Waals surface area (Å²) in [6, 6.07) is 1.01. The van der Waals surface area contributed by atoms with E-state index < -0.39 is 14.2 Å². The molecule has 0 aromatic carbocycles. The van der Waals surface area contributed by atoms with E-state index in [0.717, 1.165) is 6.04 Å². The van der Waals surface area contributed by atoms with Gasteiger partial charge in [-0.1, -0.05) is 24.8 Å². The first-order valence-electron chi connectivity index (χ1n) is 5.48. The van der Waals surface area contributed by atoms with Crippen LogP contribution >= 0.6 is 0 Å². The third-order valence-electron chi connectivity index (χ3n) is 2.01. The van der Waals surface area contributed by atoms with Gasteiger partial charge in [0.1, 0.15) is 6.10 Å². The average Bonchev–Trinajstić information content (AvgIpc) is 2.49. The normalized spacial score (nSPS) is 20.0. The number of rotatable bonds is 3. The zero-order valence-electron chi connectivity index (χ0n) is 10.3. The molecule has 0 saturated carbocycles. The maximum absolute atomic E-state index is 11.0. The predicted molar refractivity (Wildman–Crippen MR) is 63.2 cm³/mol. The van der Waals surface area contributed by atoms with Gasteiger partial charge in [0.05, 0.1) is 13.0 Å². The highest BCUT2D eigenvalue weighted by molar-refractivity contribution is 6.76. The molecule has 5 nitrogen and oxygen atoms in total. The molecule has 0 fully saturated rings. The molecule has 16 heavy (non-hydrogen) atoms. The Morgan fingerprint density at radius 3 is 2.81 bits per heavy atom. The SMILES string of the molecule is CCOC(=O)OC1=NOC(C[Si](C)(C)C)C1. The van der Waals surface area contributed by atoms with Gasteiger partial charge < -0.3 is 14.3 Å². The Bertz CT molecular complexity index is 285. The second kappa shape index (κ2) is 5.34. The lowest BCUT2D eigenvalue weighted by atomic mass is 10.3. The van der Waals surface area contributed by atoms with Crippen molar-refractivity contribution in [1.82, 2.24) is 0 Å². The fourth-order valence-corrected chi connectivity index (χ4v) is 3.08. The van der Waals surface area contributed by atoms with E-state index >= 15 is 0 Å². The van der Waals surface area contributed by atoms with Gasteiger partial charge in [-0.05, 0) is 13.0 Å². The van der Waals surface area contributed by atoms with Crippen molar-refractivity contribution in [2.24, 2.45) is 5.16 Å². The fourth-order valence-electron chi connectivity index (χ4n) is 1.50. The van der Waals surface area contributed by atoms with Gasteiger partial charge >= 0.3 is 6.16 Å². The van der Waals surface area contributed by atoms with Gasteiger partial charge in [-0.25, -0.2) is 4.79 Å². The molecule has 0 aliphatic carbocycles. The molecule has 0 bridgehead atoms. The van der Waals surface area contributed by atoms with Gasteiger partial charge in [0.25, 0.3) is 0 Å². The van der Waals surface area contributed by atoms with Crippen LogP contribution in [0.1, 0.15) is 13.3 Å². The Morgan fingerprint density at radius 1 is 1.56 bits per heavy atom. The first kappa shape index (κ1) is 13.0. The van der Waals surface area contributed by atoms with E-state index in [0.29, 0.717) is 18.9 Å². The minimum absolute atomic E-state index is 0.0519. The van der Waals surface area contributed by atoms with Crippen LogP contribution in [-0.4, -0.2) is 32.8 Å². The van der Waals surface area contributed by atoms with Gasteiger partial charge in [-0.15, -0.1) is 0 Å². The van der Waals surface area contributed by atoms with E-state index in [-0.39, 0.29) is 6.10 Å². The Morgan fingerprint density at radius 2 is 2.25 bits per heavy atom. The largest absolute Gasteiger partial charge is 0.515 e. The first-order valence-corrected chi connectivity index (χ1v) is 9.18. The van der Waals surface area contributed by atoms with Crippen LogP contribution in [0.5, 0.6) is 0 Å². The Kier molecular flexibility index (Phi) is 4.34. The molecule has 1 atom stereocenters. The average molecular weight is 245 g/mol. The summed E-state index contributed by atoms with van der Waals surface area (Å²) in [6.45, 7) is 8.81. The summed E-state index contributed by atoms with van der Waals surface area (Å²) in [4.78, 5) is 16.2. The van der Waals surface area contributed by atoms with E-state index in [1.54, 1.807) is 6.92 Å². The van der Waals surface area contributed by atoms with Crippen LogP contribution in [0.25, 0.3) is 0 Å². The molecule has 92 valence electrons. The summed E-state index contributed by atoms with van der Waals surface area (Å²) in [5.74, 6) is 0.321. The molecule has 0 saturated heterocycles. The van der Waals surface area contributed by atoms with E-state index in [2.05, 4.69) is 29.5 Å². The van der Waals surface area contributed by atoms with Crippen molar-refractivity contribution in [3.63, 3.8) is 0 Å². The smallest absolute Gasteiger partial charge is 0.434 e. The fraction of sp³-hybridized carbons (Fsp3) is 0.800. The molecule has 0 aromatic rings. The highest BCUT2D eigenvalue weighted by atomic mass is 28.3. The Labute approximate surface area is 96.8 Å². The molecule has 1 unspecified atom stereocenters. The Hall–Kier alpha value is -1.04. The molecular weight excluding hydrogens is 226 g/mol. The van der Waals surface area contributed by atoms with Gasteiger partial charge in [0.15, 0.2) is 0 Å². The molecule has 1 rings (SSSR count). The molecule has 0 spiro atoms. The number of oxime groups is 1. The number of nitrogens with zero attached hydrogens (tertiary/aromatic N) is 1. The molecule has 1 heterocycles. The zero-order chi connectivity index (χ0) is 12.2. The number of carbonyl (C=O) groups excluding carboxylic acids is 1. The monoisotopic (exact) mass is 245 g/mol. The maximum atomic E-state index is 11.0. The first-order chi connectivity index (χ1) is 7.40.